The first-order valence-corrected chi connectivity index (χ1v) is 10.3. The molecule has 0 bridgehead atoms. The summed E-state index contributed by atoms with van der Waals surface area (Å²) in [7, 11) is 1.56. The number of halogens is 1. The predicted octanol–water partition coefficient (Wildman–Crippen LogP) is 5.07. The number of urea groups is 1. The zero-order chi connectivity index (χ0) is 21.9. The van der Waals surface area contributed by atoms with Crippen LogP contribution in [0.15, 0.2) is 82.4 Å². The molecule has 0 spiro atoms. The summed E-state index contributed by atoms with van der Waals surface area (Å²) in [6.45, 7) is 0.759. The van der Waals surface area contributed by atoms with Crippen LogP contribution in [0.25, 0.3) is 0 Å². The standard InChI is InChI=1S/C23H22BrN3O4/c1-29-22-15-17(16-25-27-23(28)26-19-5-3-2-4-6-19)7-12-21(22)31-14-13-30-20-10-8-18(24)9-11-20/h2-12,15-16H,13-14H2,1H3,(H2,26,27,28)/b25-16+. The molecular formula is C23H22BrN3O4. The highest BCUT2D eigenvalue weighted by atomic mass is 79.9. The molecule has 7 nitrogen and oxygen atoms in total. The predicted molar refractivity (Wildman–Crippen MR) is 124 cm³/mol. The van der Waals surface area contributed by atoms with E-state index in [9.17, 15) is 4.79 Å². The van der Waals surface area contributed by atoms with Crippen molar-refractivity contribution in [2.24, 2.45) is 5.10 Å². The lowest BCUT2D eigenvalue weighted by Gasteiger charge is -2.12. The van der Waals surface area contributed by atoms with Crippen LogP contribution in [0.1, 0.15) is 5.56 Å². The minimum Gasteiger partial charge on any atom is -0.493 e. The number of rotatable bonds is 9. The third kappa shape index (κ3) is 7.35. The topological polar surface area (TPSA) is 81.2 Å². The number of ether oxygens (including phenoxy) is 3. The zero-order valence-electron chi connectivity index (χ0n) is 16.9. The van der Waals surface area contributed by atoms with Gasteiger partial charge < -0.3 is 19.5 Å². The first kappa shape index (κ1) is 22.2. The number of methoxy groups -OCH3 is 1. The molecule has 0 aliphatic carbocycles. The number of benzene rings is 3. The van der Waals surface area contributed by atoms with E-state index < -0.39 is 6.03 Å². The number of hydrogen-bond acceptors (Lipinski definition) is 5. The zero-order valence-corrected chi connectivity index (χ0v) is 18.5. The van der Waals surface area contributed by atoms with Crippen LogP contribution in [0.4, 0.5) is 10.5 Å². The number of nitrogens with zero attached hydrogens (tertiary/aromatic N) is 1. The molecule has 3 aromatic carbocycles. The van der Waals surface area contributed by atoms with Gasteiger partial charge in [-0.25, -0.2) is 10.2 Å². The summed E-state index contributed by atoms with van der Waals surface area (Å²) in [6.07, 6.45) is 1.52. The number of amides is 2. The number of nitrogens with one attached hydrogen (secondary N) is 2. The summed E-state index contributed by atoms with van der Waals surface area (Å²) in [4.78, 5) is 11.9. The van der Waals surface area contributed by atoms with Gasteiger partial charge in [0, 0.05) is 10.2 Å². The molecule has 0 unspecified atom stereocenters. The van der Waals surface area contributed by atoms with E-state index in [1.807, 2.05) is 48.5 Å². The van der Waals surface area contributed by atoms with Gasteiger partial charge in [-0.1, -0.05) is 34.1 Å². The number of para-hydroxylation sites is 1. The van der Waals surface area contributed by atoms with Crippen molar-refractivity contribution in [1.82, 2.24) is 5.43 Å². The highest BCUT2D eigenvalue weighted by Gasteiger charge is 2.06. The number of carbonyl (C=O) groups is 1. The van der Waals surface area contributed by atoms with Gasteiger partial charge in [-0.3, -0.25) is 0 Å². The van der Waals surface area contributed by atoms with Crippen molar-refractivity contribution in [3.8, 4) is 17.2 Å². The van der Waals surface area contributed by atoms with E-state index in [-0.39, 0.29) is 0 Å². The molecule has 0 atom stereocenters. The van der Waals surface area contributed by atoms with Gasteiger partial charge in [0.2, 0.25) is 0 Å². The van der Waals surface area contributed by atoms with Gasteiger partial charge in [-0.05, 0) is 60.2 Å². The molecule has 0 heterocycles. The number of hydrogen-bond donors (Lipinski definition) is 2. The van der Waals surface area contributed by atoms with Crippen LogP contribution >= 0.6 is 15.9 Å². The summed E-state index contributed by atoms with van der Waals surface area (Å²) in [5.74, 6) is 1.92. The Balaban J connectivity index is 1.47. The highest BCUT2D eigenvalue weighted by Crippen LogP contribution is 2.27. The molecule has 3 rings (SSSR count). The third-order valence-electron chi connectivity index (χ3n) is 4.02. The molecular weight excluding hydrogens is 462 g/mol. The van der Waals surface area contributed by atoms with Gasteiger partial charge in [0.25, 0.3) is 0 Å². The normalized spacial score (nSPS) is 10.5. The van der Waals surface area contributed by atoms with Crippen LogP contribution in [-0.4, -0.2) is 32.6 Å². The average molecular weight is 484 g/mol. The monoisotopic (exact) mass is 483 g/mol. The maximum Gasteiger partial charge on any atom is 0.339 e. The number of hydrazone groups is 1. The Kier molecular flexibility index (Phi) is 8.30. The minimum atomic E-state index is -0.430. The van der Waals surface area contributed by atoms with Crippen molar-refractivity contribution in [2.45, 2.75) is 0 Å². The van der Waals surface area contributed by atoms with Crippen molar-refractivity contribution < 1.29 is 19.0 Å². The lowest BCUT2D eigenvalue weighted by molar-refractivity contribution is 0.211. The Morgan fingerprint density at radius 2 is 1.71 bits per heavy atom. The van der Waals surface area contributed by atoms with Gasteiger partial charge in [0.05, 0.1) is 13.3 Å². The van der Waals surface area contributed by atoms with E-state index in [4.69, 9.17) is 14.2 Å². The molecule has 0 fully saturated rings. The van der Waals surface area contributed by atoms with Crippen LogP contribution in [-0.2, 0) is 0 Å². The van der Waals surface area contributed by atoms with Crippen LogP contribution in [0.5, 0.6) is 17.2 Å². The molecule has 0 aliphatic heterocycles. The Morgan fingerprint density at radius 3 is 2.45 bits per heavy atom. The molecule has 0 radical (unpaired) electrons. The molecule has 0 aliphatic rings. The van der Waals surface area contributed by atoms with Gasteiger partial charge in [0.15, 0.2) is 11.5 Å². The van der Waals surface area contributed by atoms with Gasteiger partial charge in [-0.15, -0.1) is 0 Å². The fourth-order valence-electron chi connectivity index (χ4n) is 2.57. The van der Waals surface area contributed by atoms with Crippen molar-refractivity contribution >= 4 is 33.9 Å². The molecule has 31 heavy (non-hydrogen) atoms. The maximum atomic E-state index is 11.9. The quantitative estimate of drug-likeness (QED) is 0.253. The SMILES string of the molecule is COc1cc(/C=N/NC(=O)Nc2ccccc2)ccc1OCCOc1ccc(Br)cc1. The van der Waals surface area contributed by atoms with Crippen LogP contribution in [0.3, 0.4) is 0 Å². The molecule has 2 N–H and O–H groups in total. The second kappa shape index (κ2) is 11.6. The lowest BCUT2D eigenvalue weighted by atomic mass is 10.2. The fourth-order valence-corrected chi connectivity index (χ4v) is 2.84. The maximum absolute atomic E-state index is 11.9. The second-order valence-electron chi connectivity index (χ2n) is 6.25. The largest absolute Gasteiger partial charge is 0.493 e. The summed E-state index contributed by atoms with van der Waals surface area (Å²) in [5.41, 5.74) is 3.85. The number of carbonyl (C=O) groups excluding carboxylic acids is 1. The third-order valence-corrected chi connectivity index (χ3v) is 4.55. The van der Waals surface area contributed by atoms with Crippen LogP contribution < -0.4 is 25.0 Å². The Labute approximate surface area is 189 Å². The van der Waals surface area contributed by atoms with E-state index in [1.165, 1.54) is 6.21 Å². The van der Waals surface area contributed by atoms with E-state index in [2.05, 4.69) is 31.8 Å². The van der Waals surface area contributed by atoms with E-state index in [1.54, 1.807) is 31.4 Å². The van der Waals surface area contributed by atoms with E-state index in [0.29, 0.717) is 30.4 Å². The van der Waals surface area contributed by atoms with Crippen molar-refractivity contribution in [3.05, 3.63) is 82.8 Å². The first-order chi connectivity index (χ1) is 15.1. The summed E-state index contributed by atoms with van der Waals surface area (Å²) < 4.78 is 17.8. The van der Waals surface area contributed by atoms with Crippen molar-refractivity contribution in [1.29, 1.82) is 0 Å². The first-order valence-electron chi connectivity index (χ1n) is 9.48. The van der Waals surface area contributed by atoms with Crippen LogP contribution in [0, 0.1) is 0 Å². The summed E-state index contributed by atoms with van der Waals surface area (Å²) in [6, 6.07) is 21.6. The summed E-state index contributed by atoms with van der Waals surface area (Å²) in [5, 5.41) is 6.63. The molecule has 0 saturated heterocycles. The molecule has 0 aromatic heterocycles. The Hall–Kier alpha value is -3.52. The van der Waals surface area contributed by atoms with Gasteiger partial charge >= 0.3 is 6.03 Å². The minimum absolute atomic E-state index is 0.362. The van der Waals surface area contributed by atoms with Gasteiger partial charge in [0.1, 0.15) is 19.0 Å². The van der Waals surface area contributed by atoms with E-state index >= 15 is 0 Å². The smallest absolute Gasteiger partial charge is 0.339 e. The van der Waals surface area contributed by atoms with Gasteiger partial charge in [-0.2, -0.15) is 5.10 Å². The van der Waals surface area contributed by atoms with E-state index in [0.717, 1.165) is 15.8 Å². The fraction of sp³-hybridized carbons (Fsp3) is 0.130. The van der Waals surface area contributed by atoms with Crippen molar-refractivity contribution in [3.63, 3.8) is 0 Å². The second-order valence-corrected chi connectivity index (χ2v) is 7.17. The molecule has 0 saturated carbocycles. The highest BCUT2D eigenvalue weighted by molar-refractivity contribution is 9.10. The summed E-state index contributed by atoms with van der Waals surface area (Å²) >= 11 is 3.39. The molecule has 8 heteroatoms. The van der Waals surface area contributed by atoms with Crippen molar-refractivity contribution in [2.75, 3.05) is 25.6 Å². The average Bonchev–Trinajstić information content (AvgIpc) is 2.79. The molecule has 160 valence electrons. The van der Waals surface area contributed by atoms with Crippen LogP contribution in [0.2, 0.25) is 0 Å². The number of anilines is 1. The molecule has 2 amide bonds. The molecule has 3 aromatic rings. The lowest BCUT2D eigenvalue weighted by Crippen LogP contribution is -2.24. The Bertz CT molecular complexity index is 1010. The Morgan fingerprint density at radius 1 is 0.968 bits per heavy atom.